The molecule has 0 aliphatic rings. The summed E-state index contributed by atoms with van der Waals surface area (Å²) >= 11 is 0. The van der Waals surface area contributed by atoms with Gasteiger partial charge in [-0.15, -0.1) is 0 Å². The van der Waals surface area contributed by atoms with Crippen LogP contribution in [0.3, 0.4) is 0 Å². The molecule has 24 heavy (non-hydrogen) atoms. The van der Waals surface area contributed by atoms with Gasteiger partial charge >= 0.3 is 5.69 Å². The average molecular weight is 331 g/mol. The monoisotopic (exact) mass is 331 g/mol. The van der Waals surface area contributed by atoms with Gasteiger partial charge in [0.05, 0.1) is 11.0 Å². The first-order chi connectivity index (χ1) is 11.4. The Morgan fingerprint density at radius 1 is 1.12 bits per heavy atom. The lowest BCUT2D eigenvalue weighted by molar-refractivity contribution is -0.116. The lowest BCUT2D eigenvalue weighted by Crippen LogP contribution is -2.15. The summed E-state index contributed by atoms with van der Waals surface area (Å²) in [6.45, 7) is 1.59. The fraction of sp³-hybridized carbons (Fsp3) is 0.176. The van der Waals surface area contributed by atoms with E-state index in [1.54, 1.807) is 25.1 Å². The molecule has 3 aromatic rings. The first kappa shape index (κ1) is 15.9. The highest BCUT2D eigenvalue weighted by atomic mass is 19.1. The number of rotatable bonds is 4. The molecule has 0 spiro atoms. The molecule has 1 aromatic heterocycles. The van der Waals surface area contributed by atoms with E-state index in [0.29, 0.717) is 16.7 Å². The number of aromatic nitrogens is 2. The van der Waals surface area contributed by atoms with Crippen LogP contribution in [0.25, 0.3) is 11.0 Å². The van der Waals surface area contributed by atoms with E-state index in [4.69, 9.17) is 0 Å². The van der Waals surface area contributed by atoms with Gasteiger partial charge in [-0.05, 0) is 36.2 Å². The molecule has 0 aliphatic carbocycles. The third kappa shape index (κ3) is 3.19. The maximum absolute atomic E-state index is 13.7. The maximum Gasteiger partial charge on any atom is 0.323 e. The van der Waals surface area contributed by atoms with Gasteiger partial charge in [0, 0.05) is 17.7 Å². The van der Waals surface area contributed by atoms with Crippen LogP contribution in [-0.2, 0) is 4.79 Å². The molecular formula is C17H15F2N3O2. The zero-order chi connectivity index (χ0) is 17.3. The molecule has 3 rings (SSSR count). The highest BCUT2D eigenvalue weighted by Crippen LogP contribution is 2.25. The second-order valence-electron chi connectivity index (χ2n) is 5.63. The smallest absolute Gasteiger partial charge is 0.323 e. The van der Waals surface area contributed by atoms with Crippen LogP contribution in [-0.4, -0.2) is 15.9 Å². The molecule has 2 aromatic carbocycles. The number of halogens is 2. The van der Waals surface area contributed by atoms with Gasteiger partial charge in [0.2, 0.25) is 5.91 Å². The van der Waals surface area contributed by atoms with Gasteiger partial charge in [-0.3, -0.25) is 4.79 Å². The molecule has 0 aliphatic heterocycles. The van der Waals surface area contributed by atoms with Crippen LogP contribution in [0.1, 0.15) is 24.8 Å². The zero-order valence-corrected chi connectivity index (χ0v) is 12.8. The van der Waals surface area contributed by atoms with Crippen LogP contribution in [0.2, 0.25) is 0 Å². The molecule has 0 radical (unpaired) electrons. The minimum Gasteiger partial charge on any atom is -0.326 e. The quantitative estimate of drug-likeness (QED) is 0.686. The third-order valence-electron chi connectivity index (χ3n) is 3.78. The van der Waals surface area contributed by atoms with Crippen molar-refractivity contribution in [3.63, 3.8) is 0 Å². The van der Waals surface area contributed by atoms with Gasteiger partial charge in [-0.1, -0.05) is 13.0 Å². The number of nitrogens with one attached hydrogen (secondary N) is 3. The predicted octanol–water partition coefficient (Wildman–Crippen LogP) is 3.27. The normalized spacial score (nSPS) is 12.3. The second-order valence-corrected chi connectivity index (χ2v) is 5.63. The standard InChI is InChI=1S/C17H15F2N3O2/c1-9(16-11(18)3-2-4-12(16)19)7-15(23)20-10-5-6-13-14(8-10)22-17(24)21-13/h2-6,8-9H,7H2,1H3,(H,20,23)(H2,21,22,24). The summed E-state index contributed by atoms with van der Waals surface area (Å²) in [5.74, 6) is -2.31. The van der Waals surface area contributed by atoms with Crippen LogP contribution in [0.15, 0.2) is 41.2 Å². The number of carbonyl (C=O) groups is 1. The van der Waals surface area contributed by atoms with Crippen molar-refractivity contribution in [1.29, 1.82) is 0 Å². The Balaban J connectivity index is 1.73. The van der Waals surface area contributed by atoms with Crippen molar-refractivity contribution >= 4 is 22.6 Å². The minimum absolute atomic E-state index is 0.0699. The average Bonchev–Trinajstić information content (AvgIpc) is 2.86. The molecule has 3 N–H and O–H groups in total. The Kier molecular flexibility index (Phi) is 4.16. The SMILES string of the molecule is CC(CC(=O)Nc1ccc2[nH]c(=O)[nH]c2c1)c1c(F)cccc1F. The Labute approximate surface area is 135 Å². The van der Waals surface area contributed by atoms with Gasteiger partial charge in [0.1, 0.15) is 11.6 Å². The van der Waals surface area contributed by atoms with E-state index in [2.05, 4.69) is 15.3 Å². The number of hydrogen-bond donors (Lipinski definition) is 3. The molecule has 5 nitrogen and oxygen atoms in total. The van der Waals surface area contributed by atoms with Crippen LogP contribution in [0.4, 0.5) is 14.5 Å². The van der Waals surface area contributed by atoms with E-state index in [1.807, 2.05) is 0 Å². The number of anilines is 1. The lowest BCUT2D eigenvalue weighted by atomic mass is 9.96. The molecule has 1 amide bonds. The summed E-state index contributed by atoms with van der Waals surface area (Å²) in [6, 6.07) is 8.53. The maximum atomic E-state index is 13.7. The van der Waals surface area contributed by atoms with Crippen molar-refractivity contribution in [1.82, 2.24) is 9.97 Å². The van der Waals surface area contributed by atoms with Crippen molar-refractivity contribution in [3.8, 4) is 0 Å². The Morgan fingerprint density at radius 3 is 2.50 bits per heavy atom. The van der Waals surface area contributed by atoms with Crippen LogP contribution >= 0.6 is 0 Å². The first-order valence-electron chi connectivity index (χ1n) is 7.40. The van der Waals surface area contributed by atoms with E-state index < -0.39 is 17.6 Å². The number of amides is 1. The molecule has 124 valence electrons. The van der Waals surface area contributed by atoms with E-state index in [9.17, 15) is 18.4 Å². The van der Waals surface area contributed by atoms with Gasteiger partial charge in [0.15, 0.2) is 0 Å². The number of fused-ring (bicyclic) bond motifs is 1. The van der Waals surface area contributed by atoms with Gasteiger partial charge in [-0.25, -0.2) is 13.6 Å². The minimum atomic E-state index is -0.665. The summed E-state index contributed by atoms with van der Waals surface area (Å²) in [7, 11) is 0. The summed E-state index contributed by atoms with van der Waals surface area (Å²) in [5.41, 5.74) is 1.24. The fourth-order valence-corrected chi connectivity index (χ4v) is 2.68. The van der Waals surface area contributed by atoms with Crippen molar-refractivity contribution in [3.05, 3.63) is 64.1 Å². The zero-order valence-electron chi connectivity index (χ0n) is 12.8. The Hall–Kier alpha value is -2.96. The van der Waals surface area contributed by atoms with Crippen LogP contribution < -0.4 is 11.0 Å². The number of aromatic amines is 2. The number of benzene rings is 2. The van der Waals surface area contributed by atoms with E-state index in [-0.39, 0.29) is 23.6 Å². The van der Waals surface area contributed by atoms with Crippen molar-refractivity contribution < 1.29 is 13.6 Å². The highest BCUT2D eigenvalue weighted by molar-refractivity contribution is 5.93. The fourth-order valence-electron chi connectivity index (χ4n) is 2.68. The molecule has 0 saturated heterocycles. The van der Waals surface area contributed by atoms with Gasteiger partial charge in [0.25, 0.3) is 0 Å². The predicted molar refractivity (Wildman–Crippen MR) is 86.9 cm³/mol. The van der Waals surface area contributed by atoms with E-state index >= 15 is 0 Å². The molecule has 0 fully saturated rings. The molecule has 0 bridgehead atoms. The van der Waals surface area contributed by atoms with Gasteiger partial charge in [-0.2, -0.15) is 0 Å². The third-order valence-corrected chi connectivity index (χ3v) is 3.78. The van der Waals surface area contributed by atoms with Crippen LogP contribution in [0.5, 0.6) is 0 Å². The Morgan fingerprint density at radius 2 is 1.79 bits per heavy atom. The lowest BCUT2D eigenvalue weighted by Gasteiger charge is -2.14. The number of imidazole rings is 1. The van der Waals surface area contributed by atoms with E-state index in [0.717, 1.165) is 0 Å². The van der Waals surface area contributed by atoms with Crippen molar-refractivity contribution in [2.45, 2.75) is 19.3 Å². The highest BCUT2D eigenvalue weighted by Gasteiger charge is 2.19. The largest absolute Gasteiger partial charge is 0.326 e. The summed E-state index contributed by atoms with van der Waals surface area (Å²) < 4.78 is 27.5. The molecular weight excluding hydrogens is 316 g/mol. The number of carbonyl (C=O) groups excluding carboxylic acids is 1. The summed E-state index contributed by atoms with van der Waals surface area (Å²) in [4.78, 5) is 28.5. The molecule has 1 unspecified atom stereocenters. The van der Waals surface area contributed by atoms with E-state index in [1.165, 1.54) is 18.2 Å². The summed E-state index contributed by atoms with van der Waals surface area (Å²) in [5, 5.41) is 2.66. The van der Waals surface area contributed by atoms with Crippen LogP contribution in [0, 0.1) is 11.6 Å². The second kappa shape index (κ2) is 6.27. The van der Waals surface area contributed by atoms with Gasteiger partial charge < -0.3 is 15.3 Å². The Bertz CT molecular complexity index is 942. The summed E-state index contributed by atoms with van der Waals surface area (Å²) in [6.07, 6.45) is -0.0699. The molecule has 7 heteroatoms. The molecule has 1 heterocycles. The molecule has 1 atom stereocenters. The van der Waals surface area contributed by atoms with Crippen molar-refractivity contribution in [2.24, 2.45) is 0 Å². The van der Waals surface area contributed by atoms with Crippen molar-refractivity contribution in [2.75, 3.05) is 5.32 Å². The number of hydrogen-bond acceptors (Lipinski definition) is 2. The first-order valence-corrected chi connectivity index (χ1v) is 7.40. The number of H-pyrrole nitrogens is 2. The molecule has 0 saturated carbocycles. The topological polar surface area (TPSA) is 77.8 Å².